The molecule has 0 aliphatic carbocycles. The van der Waals surface area contributed by atoms with Crippen LogP contribution in [0.15, 0.2) is 42.5 Å². The van der Waals surface area contributed by atoms with Crippen LogP contribution >= 0.6 is 0 Å². The van der Waals surface area contributed by atoms with Gasteiger partial charge in [0.15, 0.2) is 0 Å². The van der Waals surface area contributed by atoms with Crippen molar-refractivity contribution in [2.75, 3.05) is 34.8 Å². The fourth-order valence-corrected chi connectivity index (χ4v) is 4.10. The van der Waals surface area contributed by atoms with Crippen molar-refractivity contribution in [2.45, 2.75) is 26.7 Å². The molecule has 156 valence electrons. The van der Waals surface area contributed by atoms with Crippen molar-refractivity contribution in [3.05, 3.63) is 48.0 Å². The summed E-state index contributed by atoms with van der Waals surface area (Å²) >= 11 is 0. The molecule has 1 saturated heterocycles. The smallest absolute Gasteiger partial charge is 0.229 e. The molecular weight excluding hydrogens is 382 g/mol. The third-order valence-corrected chi connectivity index (χ3v) is 5.59. The number of ether oxygens (including phenoxy) is 1. The number of nitrogens with one attached hydrogen (secondary N) is 1. The van der Waals surface area contributed by atoms with Crippen LogP contribution < -0.4 is 19.9 Å². The Morgan fingerprint density at radius 3 is 2.77 bits per heavy atom. The second-order valence-corrected chi connectivity index (χ2v) is 7.56. The van der Waals surface area contributed by atoms with Crippen LogP contribution in [0.1, 0.15) is 25.8 Å². The predicted molar refractivity (Wildman–Crippen MR) is 115 cm³/mol. The first-order valence-corrected chi connectivity index (χ1v) is 10.2. The lowest BCUT2D eigenvalue weighted by atomic mass is 10.1. The molecule has 0 saturated carbocycles. The van der Waals surface area contributed by atoms with Gasteiger partial charge in [-0.25, -0.2) is 0 Å². The molecule has 1 fully saturated rings. The molecule has 2 aliphatic heterocycles. The first kappa shape index (κ1) is 19.9. The van der Waals surface area contributed by atoms with E-state index in [1.165, 1.54) is 0 Å². The van der Waals surface area contributed by atoms with Gasteiger partial charge in [-0.15, -0.1) is 0 Å². The molecular formula is C23H25N3O4. The van der Waals surface area contributed by atoms with Gasteiger partial charge in [0, 0.05) is 37.8 Å². The third-order valence-electron chi connectivity index (χ3n) is 5.59. The Labute approximate surface area is 175 Å². The SMILES string of the molecule is CCOc1ccccc1NC(=O)[C@@H]1CC(=O)N(c2ccc3c(c2)CCN3C(C)=O)C1. The quantitative estimate of drug-likeness (QED) is 0.827. The Kier molecular flexibility index (Phi) is 5.44. The molecule has 2 heterocycles. The van der Waals surface area contributed by atoms with E-state index in [2.05, 4.69) is 5.32 Å². The standard InChI is InChI=1S/C23H25N3O4/c1-3-30-21-7-5-4-6-19(21)24-23(29)17-13-22(28)26(14-17)18-8-9-20-16(12-18)10-11-25(20)15(2)27/h4-9,12,17H,3,10-11,13-14H2,1-2H3,(H,24,29)/t17-/m1/s1. The zero-order chi connectivity index (χ0) is 21.3. The minimum atomic E-state index is -0.436. The first-order valence-electron chi connectivity index (χ1n) is 10.2. The van der Waals surface area contributed by atoms with E-state index in [0.29, 0.717) is 31.1 Å². The van der Waals surface area contributed by atoms with Crippen molar-refractivity contribution in [2.24, 2.45) is 5.92 Å². The normalized spacial score (nSPS) is 17.8. The molecule has 0 unspecified atom stereocenters. The van der Waals surface area contributed by atoms with Crippen LogP contribution in [0, 0.1) is 5.92 Å². The molecule has 7 heteroatoms. The second-order valence-electron chi connectivity index (χ2n) is 7.56. The summed E-state index contributed by atoms with van der Waals surface area (Å²) in [6.07, 6.45) is 0.933. The van der Waals surface area contributed by atoms with E-state index >= 15 is 0 Å². The maximum absolute atomic E-state index is 12.8. The Morgan fingerprint density at radius 2 is 2.00 bits per heavy atom. The summed E-state index contributed by atoms with van der Waals surface area (Å²) in [4.78, 5) is 40.6. The maximum atomic E-state index is 12.8. The molecule has 0 radical (unpaired) electrons. The van der Waals surface area contributed by atoms with Gasteiger partial charge in [0.25, 0.3) is 0 Å². The van der Waals surface area contributed by atoms with Crippen LogP contribution in [-0.2, 0) is 20.8 Å². The van der Waals surface area contributed by atoms with E-state index in [9.17, 15) is 14.4 Å². The second kappa shape index (κ2) is 8.18. The molecule has 1 atom stereocenters. The third kappa shape index (κ3) is 3.75. The Morgan fingerprint density at radius 1 is 1.20 bits per heavy atom. The highest BCUT2D eigenvalue weighted by molar-refractivity contribution is 6.04. The van der Waals surface area contributed by atoms with Gasteiger partial charge in [-0.3, -0.25) is 14.4 Å². The monoisotopic (exact) mass is 407 g/mol. The number of amides is 3. The highest BCUT2D eigenvalue weighted by Crippen LogP contribution is 2.34. The number of anilines is 3. The molecule has 0 aromatic heterocycles. The molecule has 0 spiro atoms. The van der Waals surface area contributed by atoms with Crippen molar-refractivity contribution in [1.29, 1.82) is 0 Å². The van der Waals surface area contributed by atoms with Crippen molar-refractivity contribution >= 4 is 34.8 Å². The van der Waals surface area contributed by atoms with E-state index in [1.807, 2.05) is 37.3 Å². The summed E-state index contributed by atoms with van der Waals surface area (Å²) in [5.41, 5.74) is 3.33. The van der Waals surface area contributed by atoms with E-state index in [4.69, 9.17) is 4.74 Å². The molecule has 4 rings (SSSR count). The van der Waals surface area contributed by atoms with Gasteiger partial charge < -0.3 is 19.9 Å². The lowest BCUT2D eigenvalue weighted by Crippen LogP contribution is -2.28. The fraction of sp³-hybridized carbons (Fsp3) is 0.348. The van der Waals surface area contributed by atoms with Gasteiger partial charge in [-0.2, -0.15) is 0 Å². The Bertz CT molecular complexity index is 1000. The summed E-state index contributed by atoms with van der Waals surface area (Å²) in [5.74, 6) is -0.0725. The van der Waals surface area contributed by atoms with Gasteiger partial charge in [0.2, 0.25) is 17.7 Å². The summed E-state index contributed by atoms with van der Waals surface area (Å²) in [6.45, 7) is 4.93. The minimum absolute atomic E-state index is 0.0165. The number of nitrogens with zero attached hydrogens (tertiary/aromatic N) is 2. The number of fused-ring (bicyclic) bond motifs is 1. The topological polar surface area (TPSA) is 79.0 Å². The number of rotatable bonds is 5. The van der Waals surface area contributed by atoms with Crippen molar-refractivity contribution < 1.29 is 19.1 Å². The number of hydrogen-bond donors (Lipinski definition) is 1. The summed E-state index contributed by atoms with van der Waals surface area (Å²) in [5, 5.41) is 2.90. The number of para-hydroxylation sites is 2. The van der Waals surface area contributed by atoms with Crippen molar-refractivity contribution in [3.8, 4) is 5.75 Å². The van der Waals surface area contributed by atoms with E-state index in [1.54, 1.807) is 28.9 Å². The van der Waals surface area contributed by atoms with Crippen LogP contribution in [0.25, 0.3) is 0 Å². The molecule has 2 aromatic rings. The van der Waals surface area contributed by atoms with Crippen LogP contribution in [0.4, 0.5) is 17.1 Å². The lowest BCUT2D eigenvalue weighted by Gasteiger charge is -2.19. The highest BCUT2D eigenvalue weighted by atomic mass is 16.5. The van der Waals surface area contributed by atoms with Gasteiger partial charge in [-0.1, -0.05) is 12.1 Å². The van der Waals surface area contributed by atoms with Gasteiger partial charge in [-0.05, 0) is 49.2 Å². The highest BCUT2D eigenvalue weighted by Gasteiger charge is 2.36. The van der Waals surface area contributed by atoms with Crippen LogP contribution in [0.2, 0.25) is 0 Å². The first-order chi connectivity index (χ1) is 14.5. The molecule has 3 amide bonds. The average molecular weight is 407 g/mol. The number of hydrogen-bond acceptors (Lipinski definition) is 4. The number of benzene rings is 2. The lowest BCUT2D eigenvalue weighted by molar-refractivity contribution is -0.122. The summed E-state index contributed by atoms with van der Waals surface area (Å²) in [6, 6.07) is 13.0. The zero-order valence-electron chi connectivity index (χ0n) is 17.2. The van der Waals surface area contributed by atoms with Crippen LogP contribution in [0.3, 0.4) is 0 Å². The van der Waals surface area contributed by atoms with Crippen LogP contribution in [-0.4, -0.2) is 37.4 Å². The molecule has 2 aromatic carbocycles. The van der Waals surface area contributed by atoms with Gasteiger partial charge in [0.1, 0.15) is 5.75 Å². The summed E-state index contributed by atoms with van der Waals surface area (Å²) in [7, 11) is 0. The largest absolute Gasteiger partial charge is 0.492 e. The van der Waals surface area contributed by atoms with Gasteiger partial charge in [0.05, 0.1) is 18.2 Å². The summed E-state index contributed by atoms with van der Waals surface area (Å²) < 4.78 is 5.56. The molecule has 30 heavy (non-hydrogen) atoms. The predicted octanol–water partition coefficient (Wildman–Crippen LogP) is 2.99. The number of carbonyl (C=O) groups excluding carboxylic acids is 3. The van der Waals surface area contributed by atoms with Crippen molar-refractivity contribution in [3.63, 3.8) is 0 Å². The maximum Gasteiger partial charge on any atom is 0.229 e. The van der Waals surface area contributed by atoms with E-state index in [0.717, 1.165) is 23.4 Å². The molecule has 1 N–H and O–H groups in total. The minimum Gasteiger partial charge on any atom is -0.492 e. The van der Waals surface area contributed by atoms with E-state index < -0.39 is 5.92 Å². The van der Waals surface area contributed by atoms with Crippen molar-refractivity contribution in [1.82, 2.24) is 0 Å². The number of carbonyl (C=O) groups is 3. The van der Waals surface area contributed by atoms with Crippen LogP contribution in [0.5, 0.6) is 5.75 Å². The molecule has 2 aliphatic rings. The van der Waals surface area contributed by atoms with E-state index in [-0.39, 0.29) is 24.1 Å². The Balaban J connectivity index is 1.47. The van der Waals surface area contributed by atoms with Gasteiger partial charge >= 0.3 is 0 Å². The molecule has 0 bridgehead atoms. The molecule has 7 nitrogen and oxygen atoms in total. The fourth-order valence-electron chi connectivity index (χ4n) is 4.10. The Hall–Kier alpha value is -3.35. The average Bonchev–Trinajstić information content (AvgIpc) is 3.32. The zero-order valence-corrected chi connectivity index (χ0v) is 17.2.